The molecule has 2 unspecified atom stereocenters. The normalized spacial score (nSPS) is 13.1. The Hall–Kier alpha value is -1.13. The maximum absolute atomic E-state index is 12.4. The molecule has 0 saturated heterocycles. The van der Waals surface area contributed by atoms with Crippen LogP contribution in [0, 0.1) is 0 Å². The van der Waals surface area contributed by atoms with E-state index in [1.165, 1.54) is 199 Å². The summed E-state index contributed by atoms with van der Waals surface area (Å²) in [4.78, 5) is 12.4. The molecule has 1 amide bonds. The summed E-state index contributed by atoms with van der Waals surface area (Å²) >= 11 is 0. The van der Waals surface area contributed by atoms with Crippen LogP contribution in [0.3, 0.4) is 0 Å². The molecule has 0 aromatic heterocycles. The van der Waals surface area contributed by atoms with Gasteiger partial charge in [0.25, 0.3) is 0 Å². The highest BCUT2D eigenvalue weighted by Gasteiger charge is 2.17. The van der Waals surface area contributed by atoms with Crippen molar-refractivity contribution in [1.82, 2.24) is 5.32 Å². The molecule has 2 atom stereocenters. The molecule has 0 saturated carbocycles. The molecule has 4 heteroatoms. The van der Waals surface area contributed by atoms with Gasteiger partial charge in [-0.2, -0.15) is 0 Å². The minimum absolute atomic E-state index is 0.0648. The fraction of sp³-hybridized carbons (Fsp3) is 0.891. The molecule has 3 N–H and O–H groups in total. The predicted molar refractivity (Wildman–Crippen MR) is 221 cm³/mol. The number of aliphatic hydroxyl groups excluding tert-OH is 2. The van der Waals surface area contributed by atoms with Crippen molar-refractivity contribution in [3.05, 3.63) is 24.3 Å². The zero-order valence-corrected chi connectivity index (χ0v) is 33.9. The van der Waals surface area contributed by atoms with Gasteiger partial charge in [0.1, 0.15) is 0 Å². The SMILES string of the molecule is CCCCCCCCCCCCC/C=C/C(O)C(CO)NC(=O)CCCCCCCCCCC/C=C\CCCCCCCCCCCCCC. The molecule has 0 radical (unpaired) electrons. The van der Waals surface area contributed by atoms with Gasteiger partial charge in [-0.1, -0.05) is 218 Å². The van der Waals surface area contributed by atoms with E-state index in [0.717, 1.165) is 25.7 Å². The van der Waals surface area contributed by atoms with E-state index in [-0.39, 0.29) is 12.5 Å². The van der Waals surface area contributed by atoms with E-state index in [2.05, 4.69) is 31.3 Å². The van der Waals surface area contributed by atoms with Crippen molar-refractivity contribution in [2.75, 3.05) is 6.61 Å². The Kier molecular flexibility index (Phi) is 41.3. The van der Waals surface area contributed by atoms with Crippen molar-refractivity contribution >= 4 is 5.91 Å². The number of unbranched alkanes of at least 4 members (excludes halogenated alkanes) is 32. The molecule has 0 rings (SSSR count). The van der Waals surface area contributed by atoms with Crippen molar-refractivity contribution in [3.63, 3.8) is 0 Å². The summed E-state index contributed by atoms with van der Waals surface area (Å²) in [5, 5.41) is 23.0. The maximum atomic E-state index is 12.4. The van der Waals surface area contributed by atoms with Gasteiger partial charge < -0.3 is 15.5 Å². The molecule has 0 aliphatic carbocycles. The van der Waals surface area contributed by atoms with Crippen LogP contribution in [0.15, 0.2) is 24.3 Å². The quantitative estimate of drug-likeness (QED) is 0.0438. The molecular formula is C46H89NO3. The Balaban J connectivity index is 3.51. The van der Waals surface area contributed by atoms with Crippen molar-refractivity contribution in [2.45, 2.75) is 257 Å². The number of hydrogen-bond acceptors (Lipinski definition) is 3. The van der Waals surface area contributed by atoms with Crippen LogP contribution in [0.1, 0.15) is 245 Å². The van der Waals surface area contributed by atoms with Crippen LogP contribution in [0.5, 0.6) is 0 Å². The van der Waals surface area contributed by atoms with Crippen molar-refractivity contribution < 1.29 is 15.0 Å². The number of carbonyl (C=O) groups excluding carboxylic acids is 1. The highest BCUT2D eigenvalue weighted by Crippen LogP contribution is 2.15. The maximum Gasteiger partial charge on any atom is 0.220 e. The van der Waals surface area contributed by atoms with Crippen LogP contribution in [-0.4, -0.2) is 34.9 Å². The molecule has 0 aliphatic rings. The zero-order valence-electron chi connectivity index (χ0n) is 33.9. The van der Waals surface area contributed by atoms with Gasteiger partial charge in [0.2, 0.25) is 5.91 Å². The summed E-state index contributed by atoms with van der Waals surface area (Å²) in [6.45, 7) is 4.31. The lowest BCUT2D eigenvalue weighted by Crippen LogP contribution is -2.45. The third kappa shape index (κ3) is 38.1. The first-order valence-corrected chi connectivity index (χ1v) is 22.6. The van der Waals surface area contributed by atoms with Crippen LogP contribution in [0.25, 0.3) is 0 Å². The van der Waals surface area contributed by atoms with Gasteiger partial charge >= 0.3 is 0 Å². The third-order valence-corrected chi connectivity index (χ3v) is 10.4. The summed E-state index contributed by atoms with van der Waals surface area (Å²) in [5.74, 6) is -0.0648. The Morgan fingerprint density at radius 1 is 0.460 bits per heavy atom. The van der Waals surface area contributed by atoms with Gasteiger partial charge in [-0.15, -0.1) is 0 Å². The molecule has 50 heavy (non-hydrogen) atoms. The topological polar surface area (TPSA) is 69.6 Å². The molecular weight excluding hydrogens is 615 g/mol. The van der Waals surface area contributed by atoms with E-state index in [0.29, 0.717) is 6.42 Å². The number of allylic oxidation sites excluding steroid dienone is 3. The molecule has 296 valence electrons. The number of aliphatic hydroxyl groups is 2. The average molecular weight is 704 g/mol. The molecule has 0 aliphatic heterocycles. The van der Waals surface area contributed by atoms with Crippen LogP contribution >= 0.6 is 0 Å². The Morgan fingerprint density at radius 3 is 1.10 bits per heavy atom. The van der Waals surface area contributed by atoms with Crippen molar-refractivity contribution in [3.8, 4) is 0 Å². The molecule has 0 aromatic rings. The van der Waals surface area contributed by atoms with Gasteiger partial charge in [0.15, 0.2) is 0 Å². The third-order valence-electron chi connectivity index (χ3n) is 10.4. The second-order valence-corrected chi connectivity index (χ2v) is 15.5. The number of hydrogen-bond donors (Lipinski definition) is 3. The molecule has 0 heterocycles. The summed E-state index contributed by atoms with van der Waals surface area (Å²) in [7, 11) is 0. The van der Waals surface area contributed by atoms with Gasteiger partial charge in [0.05, 0.1) is 18.8 Å². The molecule has 0 fully saturated rings. The first kappa shape index (κ1) is 48.9. The fourth-order valence-corrected chi connectivity index (χ4v) is 6.94. The van der Waals surface area contributed by atoms with Gasteiger partial charge in [-0.3, -0.25) is 4.79 Å². The monoisotopic (exact) mass is 704 g/mol. The van der Waals surface area contributed by atoms with Gasteiger partial charge in [0, 0.05) is 6.42 Å². The molecule has 4 nitrogen and oxygen atoms in total. The van der Waals surface area contributed by atoms with E-state index in [9.17, 15) is 15.0 Å². The second kappa shape index (κ2) is 42.3. The minimum atomic E-state index is -0.836. The molecule has 0 aromatic carbocycles. The van der Waals surface area contributed by atoms with Crippen LogP contribution in [-0.2, 0) is 4.79 Å². The fourth-order valence-electron chi connectivity index (χ4n) is 6.94. The summed E-state index contributed by atoms with van der Waals surface area (Å²) in [5.41, 5.74) is 0. The first-order valence-electron chi connectivity index (χ1n) is 22.6. The van der Waals surface area contributed by atoms with E-state index in [1.807, 2.05) is 6.08 Å². The number of amides is 1. The summed E-state index contributed by atoms with van der Waals surface area (Å²) in [6.07, 6.45) is 54.4. The summed E-state index contributed by atoms with van der Waals surface area (Å²) in [6, 6.07) is -0.620. The average Bonchev–Trinajstić information content (AvgIpc) is 3.12. The number of carbonyl (C=O) groups is 1. The van der Waals surface area contributed by atoms with E-state index >= 15 is 0 Å². The Morgan fingerprint density at radius 2 is 0.760 bits per heavy atom. The van der Waals surface area contributed by atoms with Crippen LogP contribution < -0.4 is 5.32 Å². The lowest BCUT2D eigenvalue weighted by atomic mass is 10.0. The van der Waals surface area contributed by atoms with Crippen LogP contribution in [0.2, 0.25) is 0 Å². The smallest absolute Gasteiger partial charge is 0.220 e. The van der Waals surface area contributed by atoms with E-state index in [4.69, 9.17) is 0 Å². The zero-order chi connectivity index (χ0) is 36.4. The number of nitrogens with one attached hydrogen (secondary N) is 1. The lowest BCUT2D eigenvalue weighted by molar-refractivity contribution is -0.123. The van der Waals surface area contributed by atoms with Gasteiger partial charge in [-0.25, -0.2) is 0 Å². The highest BCUT2D eigenvalue weighted by molar-refractivity contribution is 5.76. The van der Waals surface area contributed by atoms with Gasteiger partial charge in [-0.05, 0) is 44.9 Å². The minimum Gasteiger partial charge on any atom is -0.394 e. The number of rotatable bonds is 41. The van der Waals surface area contributed by atoms with E-state index < -0.39 is 12.1 Å². The second-order valence-electron chi connectivity index (χ2n) is 15.5. The summed E-state index contributed by atoms with van der Waals surface area (Å²) < 4.78 is 0. The van der Waals surface area contributed by atoms with Crippen molar-refractivity contribution in [1.29, 1.82) is 0 Å². The Labute approximate surface area is 313 Å². The van der Waals surface area contributed by atoms with E-state index in [1.54, 1.807) is 6.08 Å². The molecule has 0 spiro atoms. The van der Waals surface area contributed by atoms with Crippen molar-refractivity contribution in [2.24, 2.45) is 0 Å². The first-order chi connectivity index (χ1) is 24.7. The highest BCUT2D eigenvalue weighted by atomic mass is 16.3. The largest absolute Gasteiger partial charge is 0.394 e. The lowest BCUT2D eigenvalue weighted by Gasteiger charge is -2.20. The van der Waals surface area contributed by atoms with Crippen LogP contribution in [0.4, 0.5) is 0 Å². The molecule has 0 bridgehead atoms. The standard InChI is InChI=1S/C46H89NO3/c1-3-5-7-9-11-13-15-17-18-19-20-21-22-23-24-25-26-27-28-30-32-34-36-38-40-42-46(50)47-44(43-48)45(49)41-39-37-35-33-31-29-16-14-12-10-8-6-4-2/h23-24,39,41,44-45,48-49H,3-22,25-38,40,42-43H2,1-2H3,(H,47,50)/b24-23-,41-39+. The Bertz CT molecular complexity index is 720. The predicted octanol–water partition coefficient (Wildman–Crippen LogP) is 14.0.